The number of ether oxygens (including phenoxy) is 2. The van der Waals surface area contributed by atoms with Crippen molar-refractivity contribution in [3.05, 3.63) is 71.3 Å². The maximum atomic E-state index is 12.8. The summed E-state index contributed by atoms with van der Waals surface area (Å²) in [6.07, 6.45) is 1.05. The van der Waals surface area contributed by atoms with E-state index in [1.807, 2.05) is 26.0 Å². The molecule has 1 unspecified atom stereocenters. The molecule has 0 saturated carbocycles. The van der Waals surface area contributed by atoms with Gasteiger partial charge in [-0.05, 0) is 50.1 Å². The van der Waals surface area contributed by atoms with Crippen molar-refractivity contribution >= 4 is 17.4 Å². The molecule has 1 atom stereocenters. The molecule has 5 heteroatoms. The van der Waals surface area contributed by atoms with Crippen molar-refractivity contribution in [2.75, 3.05) is 18.1 Å². The second kappa shape index (κ2) is 8.40. The Bertz CT molecular complexity index is 919. The Hall–Kier alpha value is -2.92. The number of Topliss-reactive ketones (excluding diaryl/α,β-unsaturated/α-hetero) is 1. The molecule has 2 aromatic rings. The summed E-state index contributed by atoms with van der Waals surface area (Å²) >= 11 is 0. The topological polar surface area (TPSA) is 55.8 Å². The maximum absolute atomic E-state index is 12.8. The second-order valence-electron chi connectivity index (χ2n) is 7.01. The van der Waals surface area contributed by atoms with E-state index in [4.69, 9.17) is 9.47 Å². The van der Waals surface area contributed by atoms with Crippen LogP contribution in [0.3, 0.4) is 0 Å². The van der Waals surface area contributed by atoms with E-state index in [1.54, 1.807) is 36.1 Å². The van der Waals surface area contributed by atoms with Gasteiger partial charge in [-0.15, -0.1) is 6.58 Å². The first-order chi connectivity index (χ1) is 13.4. The Labute approximate surface area is 165 Å². The molecule has 2 aromatic carbocycles. The van der Waals surface area contributed by atoms with Crippen molar-refractivity contribution < 1.29 is 19.1 Å². The number of carbonyl (C=O) groups is 2. The van der Waals surface area contributed by atoms with Gasteiger partial charge in [0.25, 0.3) is 5.91 Å². The zero-order valence-corrected chi connectivity index (χ0v) is 16.5. The van der Waals surface area contributed by atoms with E-state index in [9.17, 15) is 9.59 Å². The van der Waals surface area contributed by atoms with Crippen LogP contribution in [-0.4, -0.2) is 30.9 Å². The highest BCUT2D eigenvalue weighted by molar-refractivity contribution is 6.03. The van der Waals surface area contributed by atoms with Crippen LogP contribution in [0.1, 0.15) is 34.0 Å². The van der Waals surface area contributed by atoms with Crippen molar-refractivity contribution in [3.63, 3.8) is 0 Å². The van der Waals surface area contributed by atoms with Crippen molar-refractivity contribution in [2.24, 2.45) is 0 Å². The Morgan fingerprint density at radius 2 is 2.07 bits per heavy atom. The van der Waals surface area contributed by atoms with Gasteiger partial charge in [-0.3, -0.25) is 9.59 Å². The number of hydrogen-bond donors (Lipinski definition) is 0. The molecule has 1 aliphatic rings. The number of fused-ring (bicyclic) bond motifs is 1. The molecule has 0 aromatic heterocycles. The standard InChI is InChI=1S/C23H25NO4/c1-5-10-24-20-12-18(8-9-21(20)28-14-22(24)25)23(26)17(4)27-13-19-7-6-15(2)11-16(19)3/h5-9,11-12,17H,1,10,13-14H2,2-4H3. The van der Waals surface area contributed by atoms with Crippen molar-refractivity contribution in [1.29, 1.82) is 0 Å². The van der Waals surface area contributed by atoms with Crippen LogP contribution in [0, 0.1) is 13.8 Å². The third-order valence-corrected chi connectivity index (χ3v) is 4.85. The van der Waals surface area contributed by atoms with Gasteiger partial charge >= 0.3 is 0 Å². The van der Waals surface area contributed by atoms with Crippen LogP contribution in [-0.2, 0) is 16.1 Å². The number of benzene rings is 2. The fraction of sp³-hybridized carbons (Fsp3) is 0.304. The molecule has 0 N–H and O–H groups in total. The highest BCUT2D eigenvalue weighted by Gasteiger charge is 2.26. The molecular weight excluding hydrogens is 354 g/mol. The number of rotatable bonds is 7. The van der Waals surface area contributed by atoms with Crippen LogP contribution in [0.15, 0.2) is 49.1 Å². The van der Waals surface area contributed by atoms with Crippen molar-refractivity contribution in [1.82, 2.24) is 0 Å². The maximum Gasteiger partial charge on any atom is 0.265 e. The van der Waals surface area contributed by atoms with E-state index in [-0.39, 0.29) is 18.3 Å². The quantitative estimate of drug-likeness (QED) is 0.539. The van der Waals surface area contributed by atoms with Crippen LogP contribution in [0.2, 0.25) is 0 Å². The molecule has 1 heterocycles. The van der Waals surface area contributed by atoms with Crippen LogP contribution >= 0.6 is 0 Å². The zero-order valence-electron chi connectivity index (χ0n) is 16.5. The van der Waals surface area contributed by atoms with E-state index in [1.165, 1.54) is 5.56 Å². The summed E-state index contributed by atoms with van der Waals surface area (Å²) in [5.41, 5.74) is 4.47. The first-order valence-electron chi connectivity index (χ1n) is 9.30. The van der Waals surface area contributed by atoms with Gasteiger partial charge in [-0.2, -0.15) is 0 Å². The van der Waals surface area contributed by atoms with Gasteiger partial charge in [0, 0.05) is 12.1 Å². The van der Waals surface area contributed by atoms with E-state index < -0.39 is 6.10 Å². The van der Waals surface area contributed by atoms with E-state index >= 15 is 0 Å². The Morgan fingerprint density at radius 1 is 1.29 bits per heavy atom. The molecule has 0 spiro atoms. The number of amides is 1. The number of anilines is 1. The first-order valence-corrected chi connectivity index (χ1v) is 9.30. The molecular formula is C23H25NO4. The summed E-state index contributed by atoms with van der Waals surface area (Å²) in [6.45, 7) is 10.2. The molecule has 3 rings (SSSR count). The van der Waals surface area contributed by atoms with E-state index in [0.717, 1.165) is 11.1 Å². The molecule has 5 nitrogen and oxygen atoms in total. The number of carbonyl (C=O) groups excluding carboxylic acids is 2. The minimum atomic E-state index is -0.605. The van der Waals surface area contributed by atoms with Gasteiger partial charge in [0.05, 0.1) is 12.3 Å². The van der Waals surface area contributed by atoms with Gasteiger partial charge < -0.3 is 14.4 Å². The van der Waals surface area contributed by atoms with Gasteiger partial charge in [0.1, 0.15) is 11.9 Å². The SMILES string of the molecule is C=CCN1C(=O)COc2ccc(C(=O)C(C)OCc3ccc(C)cc3C)cc21. The summed E-state index contributed by atoms with van der Waals surface area (Å²) in [6, 6.07) is 11.3. The van der Waals surface area contributed by atoms with Gasteiger partial charge in [-0.25, -0.2) is 0 Å². The first kappa shape index (κ1) is 19.8. The Morgan fingerprint density at radius 3 is 2.79 bits per heavy atom. The fourth-order valence-corrected chi connectivity index (χ4v) is 3.22. The van der Waals surface area contributed by atoms with Gasteiger partial charge in [-0.1, -0.05) is 29.8 Å². The second-order valence-corrected chi connectivity index (χ2v) is 7.01. The van der Waals surface area contributed by atoms with Crippen LogP contribution in [0.4, 0.5) is 5.69 Å². The molecule has 0 fully saturated rings. The highest BCUT2D eigenvalue weighted by Crippen LogP contribution is 2.33. The van der Waals surface area contributed by atoms with Crippen molar-refractivity contribution in [3.8, 4) is 5.75 Å². The lowest BCUT2D eigenvalue weighted by molar-refractivity contribution is -0.121. The Kier molecular flexibility index (Phi) is 5.95. The minimum Gasteiger partial charge on any atom is -0.482 e. The average Bonchev–Trinajstić information content (AvgIpc) is 2.68. The molecule has 1 aliphatic heterocycles. The lowest BCUT2D eigenvalue weighted by Gasteiger charge is -2.29. The fourth-order valence-electron chi connectivity index (χ4n) is 3.22. The lowest BCUT2D eigenvalue weighted by atomic mass is 10.0. The van der Waals surface area contributed by atoms with Crippen LogP contribution in [0.5, 0.6) is 5.75 Å². The number of hydrogen-bond acceptors (Lipinski definition) is 4. The molecule has 0 bridgehead atoms. The summed E-state index contributed by atoms with van der Waals surface area (Å²) < 4.78 is 11.3. The summed E-state index contributed by atoms with van der Waals surface area (Å²) in [5.74, 6) is 0.294. The van der Waals surface area contributed by atoms with Gasteiger partial charge in [0.2, 0.25) is 0 Å². The number of aryl methyl sites for hydroxylation is 2. The largest absolute Gasteiger partial charge is 0.482 e. The summed E-state index contributed by atoms with van der Waals surface area (Å²) in [5, 5.41) is 0. The number of ketones is 1. The van der Waals surface area contributed by atoms with E-state index in [0.29, 0.717) is 30.2 Å². The van der Waals surface area contributed by atoms with E-state index in [2.05, 4.69) is 12.6 Å². The number of nitrogens with zero attached hydrogens (tertiary/aromatic N) is 1. The molecule has 1 amide bonds. The smallest absolute Gasteiger partial charge is 0.265 e. The zero-order chi connectivity index (χ0) is 20.3. The predicted molar refractivity (Wildman–Crippen MR) is 109 cm³/mol. The third kappa shape index (κ3) is 4.15. The predicted octanol–water partition coefficient (Wildman–Crippen LogP) is 4.00. The molecule has 0 saturated heterocycles. The highest BCUT2D eigenvalue weighted by atomic mass is 16.5. The third-order valence-electron chi connectivity index (χ3n) is 4.85. The molecule has 28 heavy (non-hydrogen) atoms. The Balaban J connectivity index is 1.75. The lowest BCUT2D eigenvalue weighted by Crippen LogP contribution is -2.39. The molecule has 0 aliphatic carbocycles. The average molecular weight is 379 g/mol. The van der Waals surface area contributed by atoms with Gasteiger partial charge in [0.15, 0.2) is 12.4 Å². The van der Waals surface area contributed by atoms with Crippen LogP contribution < -0.4 is 9.64 Å². The minimum absolute atomic E-state index is 0.0104. The van der Waals surface area contributed by atoms with Crippen LogP contribution in [0.25, 0.3) is 0 Å². The molecule has 146 valence electrons. The summed E-state index contributed by atoms with van der Waals surface area (Å²) in [7, 11) is 0. The summed E-state index contributed by atoms with van der Waals surface area (Å²) in [4.78, 5) is 26.5. The van der Waals surface area contributed by atoms with Crippen molar-refractivity contribution in [2.45, 2.75) is 33.5 Å². The monoisotopic (exact) mass is 379 g/mol. The normalized spacial score (nSPS) is 14.2. The molecule has 0 radical (unpaired) electrons.